The van der Waals surface area contributed by atoms with Crippen LogP contribution in [0.2, 0.25) is 10.0 Å². The molecule has 0 atom stereocenters. The molecule has 2 aromatic carbocycles. The van der Waals surface area contributed by atoms with Gasteiger partial charge in [0.05, 0.1) is 40.4 Å². The van der Waals surface area contributed by atoms with E-state index in [0.29, 0.717) is 35.3 Å². The lowest BCUT2D eigenvalue weighted by atomic mass is 10.2. The van der Waals surface area contributed by atoms with Crippen molar-refractivity contribution in [1.82, 2.24) is 4.31 Å². The van der Waals surface area contributed by atoms with E-state index in [9.17, 15) is 13.2 Å². The molecule has 7 nitrogen and oxygen atoms in total. The topological polar surface area (TPSA) is 84.9 Å². The number of rotatable bonds is 6. The van der Waals surface area contributed by atoms with Crippen molar-refractivity contribution in [1.29, 1.82) is 0 Å². The number of hydrogen-bond donors (Lipinski definition) is 1. The second-order valence-electron chi connectivity index (χ2n) is 6.39. The zero-order valence-electron chi connectivity index (χ0n) is 15.9. The highest BCUT2D eigenvalue weighted by Gasteiger charge is 2.28. The van der Waals surface area contributed by atoms with Crippen molar-refractivity contribution in [3.63, 3.8) is 0 Å². The van der Waals surface area contributed by atoms with E-state index in [1.807, 2.05) is 0 Å². The second-order valence-corrected chi connectivity index (χ2v) is 9.15. The van der Waals surface area contributed by atoms with Crippen LogP contribution in [0, 0.1) is 0 Å². The molecule has 10 heteroatoms. The third kappa shape index (κ3) is 4.45. The van der Waals surface area contributed by atoms with Gasteiger partial charge in [0, 0.05) is 25.2 Å². The minimum atomic E-state index is -3.68. The molecule has 1 aliphatic heterocycles. The molecule has 3 rings (SSSR count). The van der Waals surface area contributed by atoms with Crippen LogP contribution in [-0.2, 0) is 10.0 Å². The van der Waals surface area contributed by atoms with Gasteiger partial charge in [0.25, 0.3) is 5.91 Å². The van der Waals surface area contributed by atoms with Gasteiger partial charge in [-0.3, -0.25) is 4.79 Å². The Balaban J connectivity index is 1.94. The maximum absolute atomic E-state index is 12.9. The zero-order chi connectivity index (χ0) is 21.2. The van der Waals surface area contributed by atoms with E-state index < -0.39 is 15.9 Å². The van der Waals surface area contributed by atoms with Crippen molar-refractivity contribution in [2.45, 2.75) is 17.7 Å². The standard InChI is InChI=1S/C19H20Cl2N2O5S/c1-27-17-11-16(18(28-2)10-15(17)21)22-19(24)13-9-12(5-6-14(13)20)29(25,26)23-7-3-4-8-23/h5-6,9-11H,3-4,7-8H2,1-2H3,(H,22,24). The Morgan fingerprint density at radius 3 is 2.28 bits per heavy atom. The molecule has 0 radical (unpaired) electrons. The Bertz CT molecular complexity index is 1040. The Morgan fingerprint density at radius 1 is 1.00 bits per heavy atom. The number of sulfonamides is 1. The monoisotopic (exact) mass is 458 g/mol. The predicted octanol–water partition coefficient (Wildman–Crippen LogP) is 4.05. The number of nitrogens with zero attached hydrogens (tertiary/aromatic N) is 1. The summed E-state index contributed by atoms with van der Waals surface area (Å²) in [4.78, 5) is 12.9. The number of amides is 1. The first-order valence-electron chi connectivity index (χ1n) is 8.80. The lowest BCUT2D eigenvalue weighted by Gasteiger charge is -2.17. The normalized spacial score (nSPS) is 14.6. The quantitative estimate of drug-likeness (QED) is 0.705. The minimum Gasteiger partial charge on any atom is -0.495 e. The van der Waals surface area contributed by atoms with Gasteiger partial charge in [-0.15, -0.1) is 0 Å². The molecule has 0 unspecified atom stereocenters. The third-order valence-corrected chi connectivity index (χ3v) is 7.13. The lowest BCUT2D eigenvalue weighted by molar-refractivity contribution is 0.102. The summed E-state index contributed by atoms with van der Waals surface area (Å²) in [6.07, 6.45) is 1.64. The summed E-state index contributed by atoms with van der Waals surface area (Å²) in [6.45, 7) is 0.933. The second kappa shape index (κ2) is 8.79. The number of hydrogen-bond acceptors (Lipinski definition) is 5. The summed E-state index contributed by atoms with van der Waals surface area (Å²) in [5, 5.41) is 3.12. The SMILES string of the molecule is COc1cc(NC(=O)c2cc(S(=O)(=O)N3CCCC3)ccc2Cl)c(OC)cc1Cl. The number of carbonyl (C=O) groups excluding carboxylic acids is 1. The van der Waals surface area contributed by atoms with Crippen LogP contribution in [0.25, 0.3) is 0 Å². The lowest BCUT2D eigenvalue weighted by Crippen LogP contribution is -2.28. The number of ether oxygens (including phenoxy) is 2. The number of nitrogens with one attached hydrogen (secondary N) is 1. The van der Waals surface area contributed by atoms with Crippen LogP contribution in [-0.4, -0.2) is 45.9 Å². The van der Waals surface area contributed by atoms with E-state index >= 15 is 0 Å². The molecule has 2 aromatic rings. The zero-order valence-corrected chi connectivity index (χ0v) is 18.2. The Kier molecular flexibility index (Phi) is 6.58. The van der Waals surface area contributed by atoms with Gasteiger partial charge in [0.15, 0.2) is 0 Å². The molecule has 156 valence electrons. The molecule has 1 fully saturated rings. The highest BCUT2D eigenvalue weighted by molar-refractivity contribution is 7.89. The molecule has 1 amide bonds. The van der Waals surface area contributed by atoms with Gasteiger partial charge < -0.3 is 14.8 Å². The first kappa shape index (κ1) is 21.7. The van der Waals surface area contributed by atoms with Crippen LogP contribution in [0.1, 0.15) is 23.2 Å². The van der Waals surface area contributed by atoms with E-state index in [4.69, 9.17) is 32.7 Å². The van der Waals surface area contributed by atoms with E-state index in [0.717, 1.165) is 12.8 Å². The van der Waals surface area contributed by atoms with Crippen molar-refractivity contribution in [2.75, 3.05) is 32.6 Å². The molecule has 29 heavy (non-hydrogen) atoms. The number of benzene rings is 2. The van der Waals surface area contributed by atoms with Gasteiger partial charge in [-0.1, -0.05) is 23.2 Å². The van der Waals surface area contributed by atoms with Gasteiger partial charge in [-0.05, 0) is 31.0 Å². The molecule has 0 spiro atoms. The van der Waals surface area contributed by atoms with Crippen LogP contribution in [0.4, 0.5) is 5.69 Å². The summed E-state index contributed by atoms with van der Waals surface area (Å²) < 4.78 is 37.4. The van der Waals surface area contributed by atoms with E-state index in [1.165, 1.54) is 48.9 Å². The average Bonchev–Trinajstić information content (AvgIpc) is 3.24. The summed E-state index contributed by atoms with van der Waals surface area (Å²) in [7, 11) is -0.799. The molecule has 1 aliphatic rings. The smallest absolute Gasteiger partial charge is 0.257 e. The van der Waals surface area contributed by atoms with Crippen molar-refractivity contribution in [3.8, 4) is 11.5 Å². The molecule has 1 saturated heterocycles. The van der Waals surface area contributed by atoms with Crippen LogP contribution in [0.5, 0.6) is 11.5 Å². The molecule has 0 saturated carbocycles. The van der Waals surface area contributed by atoms with Gasteiger partial charge in [-0.2, -0.15) is 4.31 Å². The van der Waals surface area contributed by atoms with Crippen molar-refractivity contribution in [2.24, 2.45) is 0 Å². The highest BCUT2D eigenvalue weighted by Crippen LogP contribution is 2.36. The van der Waals surface area contributed by atoms with Crippen molar-refractivity contribution in [3.05, 3.63) is 45.9 Å². The van der Waals surface area contributed by atoms with Crippen LogP contribution in [0.3, 0.4) is 0 Å². The fourth-order valence-corrected chi connectivity index (χ4v) is 5.04. The molecule has 0 aliphatic carbocycles. The van der Waals surface area contributed by atoms with Crippen molar-refractivity contribution < 1.29 is 22.7 Å². The number of methoxy groups -OCH3 is 2. The number of carbonyl (C=O) groups is 1. The maximum atomic E-state index is 12.9. The maximum Gasteiger partial charge on any atom is 0.257 e. The molecular weight excluding hydrogens is 439 g/mol. The highest BCUT2D eigenvalue weighted by atomic mass is 35.5. The molecule has 1 N–H and O–H groups in total. The minimum absolute atomic E-state index is 0.0228. The fraction of sp³-hybridized carbons (Fsp3) is 0.316. The van der Waals surface area contributed by atoms with Crippen LogP contribution < -0.4 is 14.8 Å². The Hall–Kier alpha value is -2.00. The van der Waals surface area contributed by atoms with Crippen LogP contribution in [0.15, 0.2) is 35.2 Å². The van der Waals surface area contributed by atoms with Gasteiger partial charge in [-0.25, -0.2) is 8.42 Å². The van der Waals surface area contributed by atoms with Crippen LogP contribution >= 0.6 is 23.2 Å². The molecular formula is C19H20Cl2N2O5S. The van der Waals surface area contributed by atoms with E-state index in [1.54, 1.807) is 0 Å². The Labute approximate surface area is 179 Å². The third-order valence-electron chi connectivity index (χ3n) is 4.61. The van der Waals surface area contributed by atoms with Crippen molar-refractivity contribution >= 4 is 44.8 Å². The Morgan fingerprint density at radius 2 is 1.66 bits per heavy atom. The summed E-state index contributed by atoms with van der Waals surface area (Å²) in [5.74, 6) is 0.0801. The van der Waals surface area contributed by atoms with Gasteiger partial charge in [0.2, 0.25) is 10.0 Å². The summed E-state index contributed by atoms with van der Waals surface area (Å²) in [6, 6.07) is 7.10. The predicted molar refractivity (Wildman–Crippen MR) is 112 cm³/mol. The molecule has 0 aromatic heterocycles. The van der Waals surface area contributed by atoms with Gasteiger partial charge >= 0.3 is 0 Å². The number of halogens is 2. The van der Waals surface area contributed by atoms with Gasteiger partial charge in [0.1, 0.15) is 11.5 Å². The largest absolute Gasteiger partial charge is 0.495 e. The average molecular weight is 459 g/mol. The molecule has 1 heterocycles. The first-order chi connectivity index (χ1) is 13.8. The number of anilines is 1. The molecule has 0 bridgehead atoms. The first-order valence-corrected chi connectivity index (χ1v) is 11.0. The van der Waals surface area contributed by atoms with E-state index in [2.05, 4.69) is 5.32 Å². The fourth-order valence-electron chi connectivity index (χ4n) is 3.06. The summed E-state index contributed by atoms with van der Waals surface area (Å²) in [5.41, 5.74) is 0.338. The van der Waals surface area contributed by atoms with E-state index in [-0.39, 0.29) is 15.5 Å². The summed E-state index contributed by atoms with van der Waals surface area (Å²) >= 11 is 12.3.